The summed E-state index contributed by atoms with van der Waals surface area (Å²) >= 11 is 5.78. The van der Waals surface area contributed by atoms with Crippen LogP contribution in [0.25, 0.3) is 0 Å². The first-order chi connectivity index (χ1) is 8.45. The zero-order valence-electron chi connectivity index (χ0n) is 9.55. The minimum absolute atomic E-state index is 0.0147. The molecule has 4 nitrogen and oxygen atoms in total. The molecule has 0 aliphatic carbocycles. The Morgan fingerprint density at radius 1 is 1.17 bits per heavy atom. The van der Waals surface area contributed by atoms with Gasteiger partial charge in [0.15, 0.2) is 0 Å². The Hall–Kier alpha value is -0.490. The molecular formula is C11H13Cl2NO3S. The maximum atomic E-state index is 11.1. The molecule has 0 aromatic heterocycles. The van der Waals surface area contributed by atoms with Gasteiger partial charge in [0.1, 0.15) is 11.9 Å². The van der Waals surface area contributed by atoms with Crippen LogP contribution in [0, 0.1) is 0 Å². The molecule has 0 atom stereocenters. The summed E-state index contributed by atoms with van der Waals surface area (Å²) in [6, 6.07) is 7.12. The quantitative estimate of drug-likeness (QED) is 0.806. The van der Waals surface area contributed by atoms with E-state index >= 15 is 0 Å². The largest absolute Gasteiger partial charge is 0.490 e. The molecule has 100 valence electrons. The fourth-order valence-electron chi connectivity index (χ4n) is 1.87. The highest BCUT2D eigenvalue weighted by Crippen LogP contribution is 2.22. The average Bonchev–Trinajstić information content (AvgIpc) is 2.32. The van der Waals surface area contributed by atoms with Crippen molar-refractivity contribution in [2.45, 2.75) is 18.9 Å². The Morgan fingerprint density at radius 2 is 1.72 bits per heavy atom. The number of piperidine rings is 1. The monoisotopic (exact) mass is 309 g/mol. The van der Waals surface area contributed by atoms with Gasteiger partial charge in [-0.3, -0.25) is 0 Å². The van der Waals surface area contributed by atoms with E-state index in [1.807, 2.05) is 0 Å². The highest BCUT2D eigenvalue weighted by molar-refractivity contribution is 8.11. The number of hydrogen-bond acceptors (Lipinski definition) is 3. The number of halogens is 2. The van der Waals surface area contributed by atoms with Gasteiger partial charge in [-0.25, -0.2) is 0 Å². The van der Waals surface area contributed by atoms with Crippen molar-refractivity contribution >= 4 is 31.5 Å². The summed E-state index contributed by atoms with van der Waals surface area (Å²) in [7, 11) is 1.68. The van der Waals surface area contributed by atoms with E-state index in [9.17, 15) is 8.42 Å². The van der Waals surface area contributed by atoms with Crippen LogP contribution in [-0.4, -0.2) is 31.9 Å². The van der Waals surface area contributed by atoms with Crippen molar-refractivity contribution in [3.8, 4) is 5.75 Å². The van der Waals surface area contributed by atoms with Crippen molar-refractivity contribution in [3.05, 3.63) is 29.3 Å². The van der Waals surface area contributed by atoms with Crippen molar-refractivity contribution in [1.82, 2.24) is 4.31 Å². The molecule has 0 N–H and O–H groups in total. The van der Waals surface area contributed by atoms with E-state index in [0.29, 0.717) is 31.0 Å². The van der Waals surface area contributed by atoms with E-state index in [0.717, 1.165) is 5.75 Å². The minimum atomic E-state index is -3.60. The maximum absolute atomic E-state index is 11.1. The van der Waals surface area contributed by atoms with Crippen LogP contribution in [0.15, 0.2) is 24.3 Å². The lowest BCUT2D eigenvalue weighted by atomic mass is 10.1. The third-order valence-electron chi connectivity index (χ3n) is 2.83. The number of ether oxygens (including phenoxy) is 1. The number of hydrogen-bond donors (Lipinski definition) is 0. The molecule has 18 heavy (non-hydrogen) atoms. The first-order valence-corrected chi connectivity index (χ1v) is 8.21. The number of nitrogens with zero attached hydrogens (tertiary/aromatic N) is 1. The zero-order valence-corrected chi connectivity index (χ0v) is 11.9. The van der Waals surface area contributed by atoms with E-state index in [4.69, 9.17) is 27.0 Å². The molecule has 0 spiro atoms. The summed E-state index contributed by atoms with van der Waals surface area (Å²) in [5.41, 5.74) is 0. The summed E-state index contributed by atoms with van der Waals surface area (Å²) in [6.07, 6.45) is 1.28. The molecule has 2 rings (SSSR count). The van der Waals surface area contributed by atoms with E-state index in [1.54, 1.807) is 24.3 Å². The second kappa shape index (κ2) is 5.65. The Bertz CT molecular complexity index is 496. The highest BCUT2D eigenvalue weighted by atomic mass is 35.7. The summed E-state index contributed by atoms with van der Waals surface area (Å²) < 4.78 is 29.3. The van der Waals surface area contributed by atoms with Crippen LogP contribution < -0.4 is 4.74 Å². The predicted molar refractivity (Wildman–Crippen MR) is 71.4 cm³/mol. The van der Waals surface area contributed by atoms with E-state index in [-0.39, 0.29) is 6.10 Å². The number of rotatable bonds is 3. The van der Waals surface area contributed by atoms with Crippen LogP contribution in [0.5, 0.6) is 5.75 Å². The number of benzene rings is 1. The van der Waals surface area contributed by atoms with E-state index < -0.39 is 9.24 Å². The Balaban J connectivity index is 1.89. The average molecular weight is 310 g/mol. The van der Waals surface area contributed by atoms with Crippen LogP contribution >= 0.6 is 22.3 Å². The molecule has 1 fully saturated rings. The molecule has 0 unspecified atom stereocenters. The smallest absolute Gasteiger partial charge is 0.299 e. The fourth-order valence-corrected chi connectivity index (χ4v) is 3.06. The highest BCUT2D eigenvalue weighted by Gasteiger charge is 2.27. The summed E-state index contributed by atoms with van der Waals surface area (Å²) in [5, 5.41) is 0.658. The molecule has 0 saturated carbocycles. The van der Waals surface area contributed by atoms with Gasteiger partial charge in [0.2, 0.25) is 0 Å². The molecule has 0 radical (unpaired) electrons. The van der Waals surface area contributed by atoms with Crippen LogP contribution in [-0.2, 0) is 9.24 Å². The molecule has 1 heterocycles. The van der Waals surface area contributed by atoms with Crippen molar-refractivity contribution < 1.29 is 13.2 Å². The van der Waals surface area contributed by atoms with Crippen molar-refractivity contribution in [1.29, 1.82) is 0 Å². The van der Waals surface area contributed by atoms with Crippen LogP contribution in [0.1, 0.15) is 12.8 Å². The standard InChI is InChI=1S/C11H13Cl2NO3S/c12-9-1-3-10(4-2-9)17-11-5-7-14(8-6-11)18(13,15)16/h1-4,11H,5-8H2. The van der Waals surface area contributed by atoms with Gasteiger partial charge in [0, 0.05) is 28.8 Å². The fraction of sp³-hybridized carbons (Fsp3) is 0.455. The molecule has 0 bridgehead atoms. The lowest BCUT2D eigenvalue weighted by Crippen LogP contribution is -2.39. The first kappa shape index (κ1) is 13.9. The molecule has 1 aliphatic rings. The van der Waals surface area contributed by atoms with Crippen LogP contribution in [0.2, 0.25) is 5.02 Å². The predicted octanol–water partition coefficient (Wildman–Crippen LogP) is 2.67. The normalized spacial score (nSPS) is 18.8. The zero-order chi connectivity index (χ0) is 13.2. The first-order valence-electron chi connectivity index (χ1n) is 5.57. The van der Waals surface area contributed by atoms with E-state index in [2.05, 4.69) is 0 Å². The van der Waals surface area contributed by atoms with Gasteiger partial charge < -0.3 is 4.74 Å². The van der Waals surface area contributed by atoms with Crippen LogP contribution in [0.4, 0.5) is 0 Å². The van der Waals surface area contributed by atoms with Crippen molar-refractivity contribution in [3.63, 3.8) is 0 Å². The second-order valence-corrected chi connectivity index (χ2v) is 7.06. The Labute approximate surface area is 116 Å². The molecule has 1 aromatic carbocycles. The van der Waals surface area contributed by atoms with Gasteiger partial charge in [-0.05, 0) is 37.1 Å². The van der Waals surface area contributed by atoms with Gasteiger partial charge in [-0.2, -0.15) is 12.7 Å². The van der Waals surface area contributed by atoms with Crippen molar-refractivity contribution in [2.75, 3.05) is 13.1 Å². The van der Waals surface area contributed by atoms with Gasteiger partial charge >= 0.3 is 0 Å². The summed E-state index contributed by atoms with van der Waals surface area (Å²) in [6.45, 7) is 0.786. The van der Waals surface area contributed by atoms with Gasteiger partial charge in [0.25, 0.3) is 9.24 Å². The Morgan fingerprint density at radius 3 is 2.22 bits per heavy atom. The lowest BCUT2D eigenvalue weighted by molar-refractivity contribution is 0.136. The van der Waals surface area contributed by atoms with Gasteiger partial charge in [0.05, 0.1) is 0 Å². The summed E-state index contributed by atoms with van der Waals surface area (Å²) in [4.78, 5) is 0. The third kappa shape index (κ3) is 3.75. The maximum Gasteiger partial charge on any atom is 0.299 e. The molecule has 7 heteroatoms. The third-order valence-corrected chi connectivity index (χ3v) is 4.65. The lowest BCUT2D eigenvalue weighted by Gasteiger charge is -2.29. The van der Waals surface area contributed by atoms with Gasteiger partial charge in [-0.1, -0.05) is 11.6 Å². The molecule has 0 amide bonds. The van der Waals surface area contributed by atoms with Crippen LogP contribution in [0.3, 0.4) is 0 Å². The molecule has 1 aromatic rings. The van der Waals surface area contributed by atoms with Gasteiger partial charge in [-0.15, -0.1) is 0 Å². The van der Waals surface area contributed by atoms with E-state index in [1.165, 1.54) is 4.31 Å². The second-order valence-electron chi connectivity index (χ2n) is 4.11. The molecular weight excluding hydrogens is 297 g/mol. The Kier molecular flexibility index (Phi) is 4.37. The molecule has 1 saturated heterocycles. The SMILES string of the molecule is O=S(=O)(Cl)N1CCC(Oc2ccc(Cl)cc2)CC1. The minimum Gasteiger partial charge on any atom is -0.490 e. The molecule has 1 aliphatic heterocycles. The van der Waals surface area contributed by atoms with Crippen molar-refractivity contribution in [2.24, 2.45) is 0 Å². The summed E-state index contributed by atoms with van der Waals surface area (Å²) in [5.74, 6) is 0.742. The topological polar surface area (TPSA) is 46.6 Å².